The second kappa shape index (κ2) is 9.36. The Morgan fingerprint density at radius 2 is 1.93 bits per heavy atom. The molecule has 3 aromatic rings. The van der Waals surface area contributed by atoms with Crippen LogP contribution in [-0.2, 0) is 21.9 Å². The Labute approximate surface area is 166 Å². The van der Waals surface area contributed by atoms with E-state index < -0.39 is 0 Å². The summed E-state index contributed by atoms with van der Waals surface area (Å²) in [4.78, 5) is 12.0. The third-order valence-corrected chi connectivity index (χ3v) is 4.98. The van der Waals surface area contributed by atoms with Crippen LogP contribution in [0.15, 0.2) is 45.5 Å². The summed E-state index contributed by atoms with van der Waals surface area (Å²) in [6.07, 6.45) is 1.55. The number of thioether (sulfide) groups is 1. The number of carbonyl (C=O) groups excluding carboxylic acids is 1. The fourth-order valence-electron chi connectivity index (χ4n) is 2.53. The minimum absolute atomic E-state index is 0.0546. The fraction of sp³-hybridized carbons (Fsp3) is 0.300. The first kappa shape index (κ1) is 19.9. The molecule has 28 heavy (non-hydrogen) atoms. The Bertz CT molecular complexity index is 919. The van der Waals surface area contributed by atoms with E-state index in [0.717, 1.165) is 11.1 Å². The van der Waals surface area contributed by atoms with Crippen molar-refractivity contribution in [3.8, 4) is 23.0 Å². The van der Waals surface area contributed by atoms with Gasteiger partial charge < -0.3 is 23.2 Å². The van der Waals surface area contributed by atoms with E-state index in [1.807, 2.05) is 19.1 Å². The highest BCUT2D eigenvalue weighted by atomic mass is 32.2. The second-order valence-corrected chi connectivity index (χ2v) is 6.93. The molecule has 0 spiro atoms. The summed E-state index contributed by atoms with van der Waals surface area (Å²) in [6.45, 7) is 2.05. The molecule has 0 saturated carbocycles. The van der Waals surface area contributed by atoms with Gasteiger partial charge in [0, 0.05) is 11.8 Å². The minimum Gasteiger partial charge on any atom is -0.493 e. The van der Waals surface area contributed by atoms with Crippen molar-refractivity contribution < 1.29 is 27.9 Å². The Kier molecular flexibility index (Phi) is 6.65. The zero-order chi connectivity index (χ0) is 19.9. The monoisotopic (exact) mass is 403 g/mol. The first-order valence-electron chi connectivity index (χ1n) is 8.55. The highest BCUT2D eigenvalue weighted by molar-refractivity contribution is 7.99. The smallest absolute Gasteiger partial charge is 0.316 e. The maximum absolute atomic E-state index is 12.0. The summed E-state index contributed by atoms with van der Waals surface area (Å²) in [5.74, 6) is 3.01. The molecule has 0 unspecified atom stereocenters. The number of nitrogens with zero attached hydrogens (tertiary/aromatic N) is 1. The highest BCUT2D eigenvalue weighted by Gasteiger charge is 2.12. The van der Waals surface area contributed by atoms with Gasteiger partial charge in [-0.3, -0.25) is 4.79 Å². The molecule has 0 aliphatic rings. The summed E-state index contributed by atoms with van der Waals surface area (Å²) >= 11 is 1.47. The van der Waals surface area contributed by atoms with Crippen LogP contribution in [0.1, 0.15) is 16.8 Å². The van der Waals surface area contributed by atoms with Crippen LogP contribution < -0.4 is 9.47 Å². The van der Waals surface area contributed by atoms with Crippen LogP contribution in [0.5, 0.6) is 11.5 Å². The Morgan fingerprint density at radius 3 is 2.64 bits per heavy atom. The van der Waals surface area contributed by atoms with Gasteiger partial charge in [0.1, 0.15) is 12.3 Å². The standard InChI is InChI=1S/C20H21NO6S/c1-13-7-17(23-2)18(24-3)8-14(13)11-28-12-20(22)26-10-15-9-19(27-21-15)16-5-4-6-25-16/h4-9H,10-12H2,1-3H3. The van der Waals surface area contributed by atoms with Gasteiger partial charge in [-0.15, -0.1) is 11.8 Å². The zero-order valence-electron chi connectivity index (χ0n) is 15.9. The Hall–Kier alpha value is -2.87. The van der Waals surface area contributed by atoms with Crippen molar-refractivity contribution in [1.82, 2.24) is 5.16 Å². The maximum Gasteiger partial charge on any atom is 0.316 e. The van der Waals surface area contributed by atoms with Crippen LogP contribution in [0.25, 0.3) is 11.5 Å². The van der Waals surface area contributed by atoms with Crippen molar-refractivity contribution in [2.75, 3.05) is 20.0 Å². The molecule has 0 bridgehead atoms. The Balaban J connectivity index is 1.46. The number of hydrogen-bond acceptors (Lipinski definition) is 8. The third-order valence-electron chi connectivity index (χ3n) is 4.02. The highest BCUT2D eigenvalue weighted by Crippen LogP contribution is 2.31. The van der Waals surface area contributed by atoms with E-state index >= 15 is 0 Å². The first-order chi connectivity index (χ1) is 13.6. The molecule has 0 fully saturated rings. The summed E-state index contributed by atoms with van der Waals surface area (Å²) in [6, 6.07) is 9.07. The number of aryl methyl sites for hydroxylation is 1. The average Bonchev–Trinajstić information content (AvgIpc) is 3.38. The van der Waals surface area contributed by atoms with Gasteiger partial charge in [0.15, 0.2) is 17.3 Å². The van der Waals surface area contributed by atoms with Gasteiger partial charge >= 0.3 is 5.97 Å². The molecule has 1 aromatic carbocycles. The summed E-state index contributed by atoms with van der Waals surface area (Å²) in [7, 11) is 3.21. The van der Waals surface area contributed by atoms with Gasteiger partial charge in [-0.05, 0) is 42.3 Å². The minimum atomic E-state index is -0.314. The van der Waals surface area contributed by atoms with E-state index in [9.17, 15) is 4.79 Å². The van der Waals surface area contributed by atoms with Crippen molar-refractivity contribution in [3.63, 3.8) is 0 Å². The van der Waals surface area contributed by atoms with Gasteiger partial charge in [-0.25, -0.2) is 0 Å². The molecule has 0 radical (unpaired) electrons. The lowest BCUT2D eigenvalue weighted by Crippen LogP contribution is -2.07. The molecule has 0 amide bonds. The number of aromatic nitrogens is 1. The predicted octanol–water partition coefficient (Wildman–Crippen LogP) is 4.24. The van der Waals surface area contributed by atoms with Gasteiger partial charge in [0.05, 0.1) is 26.2 Å². The lowest BCUT2D eigenvalue weighted by molar-refractivity contribution is -0.141. The van der Waals surface area contributed by atoms with Crippen LogP contribution in [0.4, 0.5) is 0 Å². The molecule has 2 heterocycles. The number of hydrogen-bond donors (Lipinski definition) is 0. The van der Waals surface area contributed by atoms with Crippen LogP contribution in [0.3, 0.4) is 0 Å². The molecule has 3 rings (SSSR count). The molecule has 0 N–H and O–H groups in total. The molecule has 0 saturated heterocycles. The van der Waals surface area contributed by atoms with Crippen LogP contribution in [0.2, 0.25) is 0 Å². The van der Waals surface area contributed by atoms with Gasteiger partial charge in [0.2, 0.25) is 5.76 Å². The number of rotatable bonds is 9. The molecule has 2 aromatic heterocycles. The van der Waals surface area contributed by atoms with E-state index in [4.69, 9.17) is 23.2 Å². The maximum atomic E-state index is 12.0. The molecule has 7 nitrogen and oxygen atoms in total. The van der Waals surface area contributed by atoms with Gasteiger partial charge in [-0.2, -0.15) is 0 Å². The second-order valence-electron chi connectivity index (χ2n) is 5.95. The normalized spacial score (nSPS) is 10.7. The number of benzene rings is 1. The van der Waals surface area contributed by atoms with Crippen LogP contribution >= 0.6 is 11.8 Å². The van der Waals surface area contributed by atoms with E-state index in [-0.39, 0.29) is 18.3 Å². The molecule has 8 heteroatoms. The van der Waals surface area contributed by atoms with Crippen molar-refractivity contribution in [2.24, 2.45) is 0 Å². The largest absolute Gasteiger partial charge is 0.493 e. The van der Waals surface area contributed by atoms with Crippen molar-refractivity contribution >= 4 is 17.7 Å². The molecular formula is C20H21NO6S. The molecule has 0 aliphatic carbocycles. The van der Waals surface area contributed by atoms with Crippen molar-refractivity contribution in [1.29, 1.82) is 0 Å². The number of esters is 1. The topological polar surface area (TPSA) is 83.9 Å². The lowest BCUT2D eigenvalue weighted by Gasteiger charge is -2.12. The van der Waals surface area contributed by atoms with Gasteiger partial charge in [-0.1, -0.05) is 5.16 Å². The predicted molar refractivity (Wildman–Crippen MR) is 104 cm³/mol. The van der Waals surface area contributed by atoms with Crippen molar-refractivity contribution in [2.45, 2.75) is 19.3 Å². The van der Waals surface area contributed by atoms with E-state index in [1.165, 1.54) is 11.8 Å². The summed E-state index contributed by atoms with van der Waals surface area (Å²) in [5, 5.41) is 3.87. The lowest BCUT2D eigenvalue weighted by atomic mass is 10.1. The van der Waals surface area contributed by atoms with Gasteiger partial charge in [0.25, 0.3) is 0 Å². The molecule has 0 aliphatic heterocycles. The zero-order valence-corrected chi connectivity index (χ0v) is 16.7. The number of ether oxygens (including phenoxy) is 3. The van der Waals surface area contributed by atoms with Crippen LogP contribution in [0, 0.1) is 6.92 Å². The van der Waals surface area contributed by atoms with Crippen molar-refractivity contribution in [3.05, 3.63) is 53.4 Å². The SMILES string of the molecule is COc1cc(C)c(CSCC(=O)OCc2cc(-c3ccco3)on2)cc1OC. The fourth-order valence-corrected chi connectivity index (χ4v) is 3.42. The third kappa shape index (κ3) is 4.89. The average molecular weight is 403 g/mol. The van der Waals surface area contributed by atoms with Crippen LogP contribution in [-0.4, -0.2) is 31.1 Å². The van der Waals surface area contributed by atoms with E-state index in [2.05, 4.69) is 5.16 Å². The number of methoxy groups -OCH3 is 2. The number of carbonyl (C=O) groups is 1. The molecule has 0 atom stereocenters. The quantitative estimate of drug-likeness (QED) is 0.491. The van der Waals surface area contributed by atoms with E-state index in [0.29, 0.717) is 34.5 Å². The summed E-state index contributed by atoms with van der Waals surface area (Å²) in [5.41, 5.74) is 2.68. The molecule has 148 valence electrons. The first-order valence-corrected chi connectivity index (χ1v) is 9.70. The molecular weight excluding hydrogens is 382 g/mol. The summed E-state index contributed by atoms with van der Waals surface area (Å²) < 4.78 is 26.3. The Morgan fingerprint density at radius 1 is 1.14 bits per heavy atom. The van der Waals surface area contributed by atoms with E-state index in [1.54, 1.807) is 38.7 Å². The number of furan rings is 1.